The average Bonchev–Trinajstić information content (AvgIpc) is 2.29. The third-order valence-corrected chi connectivity index (χ3v) is 4.26. The minimum atomic E-state index is -3.34. The molecule has 0 saturated heterocycles. The molecule has 0 heterocycles. The fraction of sp³-hybridized carbons (Fsp3) is 0.500. The van der Waals surface area contributed by atoms with E-state index in [1.54, 1.807) is 24.3 Å². The Hall–Kier alpha value is -1.07. The highest BCUT2D eigenvalue weighted by Gasteiger charge is 2.11. The van der Waals surface area contributed by atoms with E-state index in [0.717, 1.165) is 5.69 Å². The van der Waals surface area contributed by atoms with Gasteiger partial charge in [0.1, 0.15) is 0 Å². The number of hydrogen-bond donors (Lipinski definition) is 2. The van der Waals surface area contributed by atoms with Gasteiger partial charge < -0.3 is 5.32 Å². The minimum absolute atomic E-state index is 0.280. The topological polar surface area (TPSA) is 58.2 Å². The first-order valence-corrected chi connectivity index (χ1v) is 7.15. The summed E-state index contributed by atoms with van der Waals surface area (Å²) in [6.45, 7) is 6.37. The maximum Gasteiger partial charge on any atom is 0.240 e. The predicted molar refractivity (Wildman–Crippen MR) is 70.6 cm³/mol. The van der Waals surface area contributed by atoms with Gasteiger partial charge in [-0.2, -0.15) is 0 Å². The summed E-state index contributed by atoms with van der Waals surface area (Å²) in [6.07, 6.45) is 0. The van der Waals surface area contributed by atoms with Crippen LogP contribution in [0.5, 0.6) is 0 Å². The molecule has 5 heteroatoms. The van der Waals surface area contributed by atoms with E-state index in [4.69, 9.17) is 0 Å². The molecular weight excluding hydrogens is 236 g/mol. The van der Waals surface area contributed by atoms with Crippen molar-refractivity contribution >= 4 is 15.7 Å². The number of hydrogen-bond acceptors (Lipinski definition) is 3. The SMILES string of the molecule is CNS(=O)(=O)c1ccc(NC(C)C(C)C)cc1. The first-order valence-electron chi connectivity index (χ1n) is 5.67. The molecular formula is C12H20N2O2S. The molecule has 1 aromatic carbocycles. The van der Waals surface area contributed by atoms with E-state index in [2.05, 4.69) is 30.8 Å². The molecule has 0 aliphatic heterocycles. The standard InChI is InChI=1S/C12H20N2O2S/c1-9(2)10(3)14-11-5-7-12(8-6-11)17(15,16)13-4/h5-10,13-14H,1-4H3. The van der Waals surface area contributed by atoms with Crippen LogP contribution < -0.4 is 10.0 Å². The van der Waals surface area contributed by atoms with E-state index in [0.29, 0.717) is 12.0 Å². The Bertz CT molecular complexity index is 452. The van der Waals surface area contributed by atoms with Crippen molar-refractivity contribution in [1.29, 1.82) is 0 Å². The smallest absolute Gasteiger partial charge is 0.240 e. The first kappa shape index (κ1) is 14.0. The fourth-order valence-electron chi connectivity index (χ4n) is 1.28. The summed E-state index contributed by atoms with van der Waals surface area (Å²) in [5.41, 5.74) is 0.932. The van der Waals surface area contributed by atoms with Gasteiger partial charge in [0.25, 0.3) is 0 Å². The third-order valence-electron chi connectivity index (χ3n) is 2.83. The van der Waals surface area contributed by atoms with Crippen molar-refractivity contribution in [3.05, 3.63) is 24.3 Å². The van der Waals surface area contributed by atoms with Gasteiger partial charge in [-0.1, -0.05) is 13.8 Å². The molecule has 0 aliphatic rings. The third kappa shape index (κ3) is 3.71. The van der Waals surface area contributed by atoms with E-state index in [1.165, 1.54) is 7.05 Å². The highest BCUT2D eigenvalue weighted by Crippen LogP contribution is 2.16. The molecule has 0 fully saturated rings. The zero-order valence-electron chi connectivity index (χ0n) is 10.7. The van der Waals surface area contributed by atoms with Crippen molar-refractivity contribution in [2.75, 3.05) is 12.4 Å². The van der Waals surface area contributed by atoms with Gasteiger partial charge in [-0.05, 0) is 44.2 Å². The number of nitrogens with one attached hydrogen (secondary N) is 2. The molecule has 1 rings (SSSR count). The summed E-state index contributed by atoms with van der Waals surface area (Å²) in [4.78, 5) is 0.280. The molecule has 17 heavy (non-hydrogen) atoms. The van der Waals surface area contributed by atoms with Crippen LogP contribution in [0.4, 0.5) is 5.69 Å². The Kier molecular flexibility index (Phi) is 4.54. The van der Waals surface area contributed by atoms with Gasteiger partial charge in [-0.15, -0.1) is 0 Å². The van der Waals surface area contributed by atoms with Crippen LogP contribution in [0.3, 0.4) is 0 Å². The molecule has 0 spiro atoms. The summed E-state index contributed by atoms with van der Waals surface area (Å²) < 4.78 is 25.3. The van der Waals surface area contributed by atoms with Gasteiger partial charge in [0, 0.05) is 11.7 Å². The van der Waals surface area contributed by atoms with Gasteiger partial charge in [0.05, 0.1) is 4.90 Å². The van der Waals surface area contributed by atoms with Crippen LogP contribution in [-0.4, -0.2) is 21.5 Å². The zero-order valence-corrected chi connectivity index (χ0v) is 11.5. The van der Waals surface area contributed by atoms with Crippen molar-refractivity contribution in [1.82, 2.24) is 4.72 Å². The number of anilines is 1. The van der Waals surface area contributed by atoms with E-state index in [1.807, 2.05) is 0 Å². The molecule has 0 saturated carbocycles. The molecule has 96 valence electrons. The van der Waals surface area contributed by atoms with Crippen LogP contribution in [0.1, 0.15) is 20.8 Å². The molecule has 4 nitrogen and oxygen atoms in total. The normalized spacial score (nSPS) is 13.7. The van der Waals surface area contributed by atoms with Gasteiger partial charge in [0.15, 0.2) is 0 Å². The summed E-state index contributed by atoms with van der Waals surface area (Å²) in [7, 11) is -1.93. The average molecular weight is 256 g/mol. The lowest BCUT2D eigenvalue weighted by Gasteiger charge is -2.18. The number of sulfonamides is 1. The van der Waals surface area contributed by atoms with Gasteiger partial charge in [-0.3, -0.25) is 0 Å². The molecule has 1 aromatic rings. The zero-order chi connectivity index (χ0) is 13.1. The monoisotopic (exact) mass is 256 g/mol. The Morgan fingerprint density at radius 3 is 2.00 bits per heavy atom. The molecule has 0 aromatic heterocycles. The Balaban J connectivity index is 2.82. The molecule has 1 atom stereocenters. The Labute approximate surface area is 103 Å². The van der Waals surface area contributed by atoms with Crippen LogP contribution in [0.2, 0.25) is 0 Å². The van der Waals surface area contributed by atoms with Crippen molar-refractivity contribution < 1.29 is 8.42 Å². The summed E-state index contributed by atoms with van der Waals surface area (Å²) in [6, 6.07) is 7.11. The predicted octanol–water partition coefficient (Wildman–Crippen LogP) is 2.05. The van der Waals surface area contributed by atoms with Gasteiger partial charge in [0.2, 0.25) is 10.0 Å². The van der Waals surface area contributed by atoms with Crippen LogP contribution in [0, 0.1) is 5.92 Å². The second-order valence-electron chi connectivity index (χ2n) is 4.41. The fourth-order valence-corrected chi connectivity index (χ4v) is 2.01. The summed E-state index contributed by atoms with van der Waals surface area (Å²) in [5.74, 6) is 0.524. The van der Waals surface area contributed by atoms with E-state index >= 15 is 0 Å². The van der Waals surface area contributed by atoms with Crippen LogP contribution in [0.15, 0.2) is 29.2 Å². The highest BCUT2D eigenvalue weighted by atomic mass is 32.2. The molecule has 0 amide bonds. The highest BCUT2D eigenvalue weighted by molar-refractivity contribution is 7.89. The molecule has 0 aliphatic carbocycles. The molecule has 0 bridgehead atoms. The summed E-state index contributed by atoms with van der Waals surface area (Å²) in [5, 5.41) is 3.32. The van der Waals surface area contributed by atoms with E-state index in [9.17, 15) is 8.42 Å². The van der Waals surface area contributed by atoms with Crippen molar-refractivity contribution in [2.24, 2.45) is 5.92 Å². The van der Waals surface area contributed by atoms with Gasteiger partial charge in [-0.25, -0.2) is 13.1 Å². The minimum Gasteiger partial charge on any atom is -0.382 e. The van der Waals surface area contributed by atoms with Gasteiger partial charge >= 0.3 is 0 Å². The van der Waals surface area contributed by atoms with E-state index in [-0.39, 0.29) is 4.90 Å². The number of rotatable bonds is 5. The quantitative estimate of drug-likeness (QED) is 0.847. The Morgan fingerprint density at radius 2 is 1.59 bits per heavy atom. The van der Waals surface area contributed by atoms with Crippen molar-refractivity contribution in [3.63, 3.8) is 0 Å². The Morgan fingerprint density at radius 1 is 1.06 bits per heavy atom. The lowest BCUT2D eigenvalue weighted by Crippen LogP contribution is -2.21. The van der Waals surface area contributed by atoms with Crippen LogP contribution in [-0.2, 0) is 10.0 Å². The second kappa shape index (κ2) is 5.51. The van der Waals surface area contributed by atoms with Crippen molar-refractivity contribution in [3.8, 4) is 0 Å². The molecule has 0 radical (unpaired) electrons. The largest absolute Gasteiger partial charge is 0.382 e. The maximum atomic E-state index is 11.5. The summed E-state index contributed by atoms with van der Waals surface area (Å²) >= 11 is 0. The van der Waals surface area contributed by atoms with Crippen LogP contribution in [0.25, 0.3) is 0 Å². The lowest BCUT2D eigenvalue weighted by molar-refractivity contribution is 0.560. The number of benzene rings is 1. The molecule has 2 N–H and O–H groups in total. The second-order valence-corrected chi connectivity index (χ2v) is 6.30. The lowest BCUT2D eigenvalue weighted by atomic mass is 10.1. The maximum absolute atomic E-state index is 11.5. The molecule has 1 unspecified atom stereocenters. The van der Waals surface area contributed by atoms with Crippen LogP contribution >= 0.6 is 0 Å². The first-order chi connectivity index (χ1) is 7.86. The van der Waals surface area contributed by atoms with Crippen molar-refractivity contribution in [2.45, 2.75) is 31.7 Å². The van der Waals surface area contributed by atoms with E-state index < -0.39 is 10.0 Å².